The summed E-state index contributed by atoms with van der Waals surface area (Å²) in [5.74, 6) is -0.791. The van der Waals surface area contributed by atoms with Gasteiger partial charge in [-0.05, 0) is 61.6 Å². The van der Waals surface area contributed by atoms with Gasteiger partial charge in [0.15, 0.2) is 11.6 Å². The predicted octanol–water partition coefficient (Wildman–Crippen LogP) is 1.39. The third-order valence-corrected chi connectivity index (χ3v) is 5.10. The molecular weight excluding hydrogens is 320 g/mol. The van der Waals surface area contributed by atoms with Crippen molar-refractivity contribution in [2.75, 3.05) is 20.6 Å². The molecule has 2 N–H and O–H groups in total. The molecule has 1 rings (SSSR count). The summed E-state index contributed by atoms with van der Waals surface area (Å²) in [6.45, 7) is 8.72. The van der Waals surface area contributed by atoms with Gasteiger partial charge in [0.25, 0.3) is 5.91 Å². The summed E-state index contributed by atoms with van der Waals surface area (Å²) in [6, 6.07) is 0.137. The molecule has 140 valence electrons. The lowest BCUT2D eigenvalue weighted by molar-refractivity contribution is -0.139. The van der Waals surface area contributed by atoms with Gasteiger partial charge in [0.05, 0.1) is 0 Å². The largest absolute Gasteiger partial charge is 0.380 e. The summed E-state index contributed by atoms with van der Waals surface area (Å²) in [5.41, 5.74) is 0.100. The highest BCUT2D eigenvalue weighted by Gasteiger charge is 2.33. The van der Waals surface area contributed by atoms with Gasteiger partial charge in [0.2, 0.25) is 0 Å². The van der Waals surface area contributed by atoms with Crippen LogP contribution in [0.1, 0.15) is 47.5 Å². The first-order valence-electron chi connectivity index (χ1n) is 8.53. The summed E-state index contributed by atoms with van der Waals surface area (Å²) in [5, 5.41) is 13.2. The van der Waals surface area contributed by atoms with Gasteiger partial charge in [-0.2, -0.15) is 0 Å². The standard InChI is InChI=1S/C19H30N2O4/c1-11(21(6)7)10-20-18(24)19(5,25)9-8-15-14(4)16(22)12(2)13(3)17(15)23/h11,25H,8-10H2,1-7H3,(H,20,24). The van der Waals surface area contributed by atoms with Crippen LogP contribution in [-0.2, 0) is 14.4 Å². The first-order valence-corrected chi connectivity index (χ1v) is 8.53. The zero-order valence-corrected chi connectivity index (χ0v) is 16.3. The van der Waals surface area contributed by atoms with Gasteiger partial charge in [-0.25, -0.2) is 0 Å². The minimum atomic E-state index is -1.60. The monoisotopic (exact) mass is 350 g/mol. The Kier molecular flexibility index (Phi) is 6.85. The molecule has 0 spiro atoms. The number of carbonyl (C=O) groups is 3. The maximum absolute atomic E-state index is 12.4. The van der Waals surface area contributed by atoms with E-state index in [1.807, 2.05) is 25.9 Å². The topological polar surface area (TPSA) is 86.7 Å². The molecule has 0 radical (unpaired) electrons. The molecule has 0 aliphatic heterocycles. The highest BCUT2D eigenvalue weighted by atomic mass is 16.3. The molecule has 0 fully saturated rings. The molecule has 0 saturated heterocycles. The number of likely N-dealkylation sites (N-methyl/N-ethyl adjacent to an activating group) is 1. The second-order valence-electron chi connectivity index (χ2n) is 7.31. The zero-order chi connectivity index (χ0) is 19.5. The Labute approximate surface area is 150 Å². The van der Waals surface area contributed by atoms with Crippen LogP contribution in [0.15, 0.2) is 22.3 Å². The summed E-state index contributed by atoms with van der Waals surface area (Å²) in [7, 11) is 3.82. The third kappa shape index (κ3) is 4.86. The molecule has 2 atom stereocenters. The number of carbonyl (C=O) groups excluding carboxylic acids is 3. The number of hydrogen-bond donors (Lipinski definition) is 2. The normalized spacial score (nSPS) is 19.4. The van der Waals surface area contributed by atoms with Gasteiger partial charge in [-0.1, -0.05) is 0 Å². The SMILES string of the molecule is CC1=C(C)C(=O)C(CCC(C)(O)C(=O)NCC(C)N(C)C)=C(C)C1=O. The quantitative estimate of drug-likeness (QED) is 0.678. The maximum Gasteiger partial charge on any atom is 0.251 e. The molecule has 0 bridgehead atoms. The highest BCUT2D eigenvalue weighted by molar-refractivity contribution is 6.24. The Bertz CT molecular complexity index is 642. The molecule has 1 amide bonds. The Hall–Kier alpha value is -1.79. The summed E-state index contributed by atoms with van der Waals surface area (Å²) >= 11 is 0. The second-order valence-corrected chi connectivity index (χ2v) is 7.31. The van der Waals surface area contributed by atoms with E-state index in [0.29, 0.717) is 28.8 Å². The number of amides is 1. The van der Waals surface area contributed by atoms with Gasteiger partial charge in [-0.15, -0.1) is 0 Å². The lowest BCUT2D eigenvalue weighted by atomic mass is 9.82. The van der Waals surface area contributed by atoms with Crippen molar-refractivity contribution in [1.82, 2.24) is 10.2 Å². The fourth-order valence-electron chi connectivity index (χ4n) is 2.55. The summed E-state index contributed by atoms with van der Waals surface area (Å²) < 4.78 is 0. The van der Waals surface area contributed by atoms with Crippen LogP contribution in [0, 0.1) is 0 Å². The Balaban J connectivity index is 2.77. The Morgan fingerprint density at radius 3 is 2.16 bits per heavy atom. The lowest BCUT2D eigenvalue weighted by Crippen LogP contribution is -2.48. The van der Waals surface area contributed by atoms with Crippen LogP contribution in [0.25, 0.3) is 0 Å². The fourth-order valence-corrected chi connectivity index (χ4v) is 2.55. The van der Waals surface area contributed by atoms with Crippen LogP contribution in [-0.4, -0.2) is 59.8 Å². The number of ketones is 2. The number of allylic oxidation sites excluding steroid dienone is 4. The summed E-state index contributed by atoms with van der Waals surface area (Å²) in [4.78, 5) is 38.8. The third-order valence-electron chi connectivity index (χ3n) is 5.10. The van der Waals surface area contributed by atoms with Crippen molar-refractivity contribution < 1.29 is 19.5 Å². The maximum atomic E-state index is 12.4. The molecule has 0 aromatic rings. The van der Waals surface area contributed by atoms with Gasteiger partial charge < -0.3 is 15.3 Å². The fraction of sp³-hybridized carbons (Fsp3) is 0.632. The molecule has 6 heteroatoms. The van der Waals surface area contributed by atoms with Crippen LogP contribution >= 0.6 is 0 Å². The number of aliphatic hydroxyl groups is 1. The molecule has 0 heterocycles. The zero-order valence-electron chi connectivity index (χ0n) is 16.3. The smallest absolute Gasteiger partial charge is 0.251 e. The van der Waals surface area contributed by atoms with E-state index >= 15 is 0 Å². The molecular formula is C19H30N2O4. The van der Waals surface area contributed by atoms with Crippen molar-refractivity contribution in [3.8, 4) is 0 Å². The van der Waals surface area contributed by atoms with E-state index in [4.69, 9.17) is 0 Å². The van der Waals surface area contributed by atoms with E-state index in [1.54, 1.807) is 20.8 Å². The molecule has 0 aromatic carbocycles. The predicted molar refractivity (Wildman–Crippen MR) is 97.1 cm³/mol. The minimum absolute atomic E-state index is 0.0766. The van der Waals surface area contributed by atoms with Crippen molar-refractivity contribution in [3.63, 3.8) is 0 Å². The van der Waals surface area contributed by atoms with E-state index in [-0.39, 0.29) is 30.4 Å². The Morgan fingerprint density at radius 2 is 1.64 bits per heavy atom. The molecule has 2 unspecified atom stereocenters. The van der Waals surface area contributed by atoms with E-state index in [9.17, 15) is 19.5 Å². The number of hydrogen-bond acceptors (Lipinski definition) is 5. The van der Waals surface area contributed by atoms with Crippen LogP contribution in [0.3, 0.4) is 0 Å². The van der Waals surface area contributed by atoms with E-state index in [0.717, 1.165) is 0 Å². The second kappa shape index (κ2) is 8.06. The average Bonchev–Trinajstić information content (AvgIpc) is 2.55. The average molecular weight is 350 g/mol. The minimum Gasteiger partial charge on any atom is -0.380 e. The van der Waals surface area contributed by atoms with Crippen molar-refractivity contribution in [3.05, 3.63) is 22.3 Å². The first kappa shape index (κ1) is 21.3. The molecule has 6 nitrogen and oxygen atoms in total. The van der Waals surface area contributed by atoms with Crippen molar-refractivity contribution in [2.24, 2.45) is 0 Å². The van der Waals surface area contributed by atoms with Gasteiger partial charge in [0.1, 0.15) is 5.60 Å². The lowest BCUT2D eigenvalue weighted by Gasteiger charge is -2.26. The van der Waals surface area contributed by atoms with E-state index in [2.05, 4.69) is 5.32 Å². The van der Waals surface area contributed by atoms with Gasteiger partial charge >= 0.3 is 0 Å². The van der Waals surface area contributed by atoms with Crippen molar-refractivity contribution >= 4 is 17.5 Å². The van der Waals surface area contributed by atoms with E-state index < -0.39 is 11.5 Å². The number of rotatable bonds is 7. The molecule has 0 aromatic heterocycles. The molecule has 1 aliphatic rings. The number of nitrogens with one attached hydrogen (secondary N) is 1. The highest BCUT2D eigenvalue weighted by Crippen LogP contribution is 2.28. The first-order chi connectivity index (χ1) is 11.4. The van der Waals surface area contributed by atoms with E-state index in [1.165, 1.54) is 6.92 Å². The number of Topliss-reactive ketones (excluding diaryl/α,β-unsaturated/α-hetero) is 2. The molecule has 25 heavy (non-hydrogen) atoms. The van der Waals surface area contributed by atoms with Crippen molar-refractivity contribution in [1.29, 1.82) is 0 Å². The van der Waals surface area contributed by atoms with Gasteiger partial charge in [-0.3, -0.25) is 14.4 Å². The van der Waals surface area contributed by atoms with Crippen LogP contribution in [0.5, 0.6) is 0 Å². The molecule has 1 aliphatic carbocycles. The number of nitrogens with zero attached hydrogens (tertiary/aromatic N) is 1. The van der Waals surface area contributed by atoms with Gasteiger partial charge in [0, 0.05) is 34.9 Å². The summed E-state index contributed by atoms with van der Waals surface area (Å²) in [6.07, 6.45) is 0.262. The van der Waals surface area contributed by atoms with Crippen molar-refractivity contribution in [2.45, 2.75) is 59.1 Å². The molecule has 0 saturated carbocycles. The van der Waals surface area contributed by atoms with Crippen LogP contribution < -0.4 is 5.32 Å². The Morgan fingerprint density at radius 1 is 1.12 bits per heavy atom. The van der Waals surface area contributed by atoms with Crippen LogP contribution in [0.2, 0.25) is 0 Å². The van der Waals surface area contributed by atoms with Crippen LogP contribution in [0.4, 0.5) is 0 Å².